The standard InChI is InChI=1S/C18H15FN4O3S/c19-13-4-1-5-14-15(13)27-16(21-14)17(24)22-7-9-23(10-8-22)18(25)26-12-3-2-6-20-11-12/h1-6,11H,7-10H2. The van der Waals surface area contributed by atoms with E-state index in [2.05, 4.69) is 9.97 Å². The number of thiazole rings is 1. The highest BCUT2D eigenvalue weighted by atomic mass is 32.1. The average molecular weight is 386 g/mol. The molecule has 2 amide bonds. The lowest BCUT2D eigenvalue weighted by Gasteiger charge is -2.33. The van der Waals surface area contributed by atoms with E-state index in [0.29, 0.717) is 42.1 Å². The van der Waals surface area contributed by atoms with Crippen LogP contribution in [0.25, 0.3) is 10.2 Å². The number of piperazine rings is 1. The topological polar surface area (TPSA) is 75.6 Å². The van der Waals surface area contributed by atoms with Gasteiger partial charge in [-0.1, -0.05) is 6.07 Å². The van der Waals surface area contributed by atoms with Gasteiger partial charge in [0.2, 0.25) is 0 Å². The molecule has 7 nitrogen and oxygen atoms in total. The van der Waals surface area contributed by atoms with Gasteiger partial charge < -0.3 is 14.5 Å². The Morgan fingerprint density at radius 2 is 1.85 bits per heavy atom. The largest absolute Gasteiger partial charge is 0.415 e. The highest BCUT2D eigenvalue weighted by molar-refractivity contribution is 7.20. The second kappa shape index (κ2) is 7.28. The summed E-state index contributed by atoms with van der Waals surface area (Å²) in [6, 6.07) is 7.93. The predicted octanol–water partition coefficient (Wildman–Crippen LogP) is 2.79. The fourth-order valence-electron chi connectivity index (χ4n) is 2.81. The minimum absolute atomic E-state index is 0.251. The molecule has 3 heterocycles. The molecule has 0 atom stereocenters. The number of amides is 2. The van der Waals surface area contributed by atoms with Crippen LogP contribution in [0.15, 0.2) is 42.7 Å². The molecule has 1 saturated heterocycles. The zero-order chi connectivity index (χ0) is 18.8. The summed E-state index contributed by atoms with van der Waals surface area (Å²) in [7, 11) is 0. The summed E-state index contributed by atoms with van der Waals surface area (Å²) in [5.41, 5.74) is 0.474. The number of rotatable bonds is 2. The normalized spacial score (nSPS) is 14.4. The van der Waals surface area contributed by atoms with Crippen LogP contribution >= 0.6 is 11.3 Å². The molecular weight excluding hydrogens is 371 g/mol. The van der Waals surface area contributed by atoms with Crippen LogP contribution in [0.1, 0.15) is 9.80 Å². The molecule has 9 heteroatoms. The Morgan fingerprint density at radius 3 is 2.56 bits per heavy atom. The fourth-order valence-corrected chi connectivity index (χ4v) is 3.74. The summed E-state index contributed by atoms with van der Waals surface area (Å²) in [4.78, 5) is 36.1. The van der Waals surface area contributed by atoms with E-state index in [1.165, 1.54) is 17.2 Å². The summed E-state index contributed by atoms with van der Waals surface area (Å²) in [5.74, 6) is -0.264. The van der Waals surface area contributed by atoms with Crippen molar-refractivity contribution in [1.82, 2.24) is 19.8 Å². The Bertz CT molecular complexity index is 987. The van der Waals surface area contributed by atoms with E-state index in [4.69, 9.17) is 4.74 Å². The first kappa shape index (κ1) is 17.3. The molecule has 0 unspecified atom stereocenters. The van der Waals surface area contributed by atoms with E-state index in [-0.39, 0.29) is 16.7 Å². The number of halogens is 1. The van der Waals surface area contributed by atoms with Crippen LogP contribution in [-0.2, 0) is 0 Å². The van der Waals surface area contributed by atoms with Crippen LogP contribution in [0.2, 0.25) is 0 Å². The Hall–Kier alpha value is -3.07. The summed E-state index contributed by atoms with van der Waals surface area (Å²) >= 11 is 1.05. The highest BCUT2D eigenvalue weighted by Gasteiger charge is 2.27. The van der Waals surface area contributed by atoms with Crippen LogP contribution in [0.5, 0.6) is 5.75 Å². The van der Waals surface area contributed by atoms with Crippen molar-refractivity contribution in [1.29, 1.82) is 0 Å². The minimum Gasteiger partial charge on any atom is -0.409 e. The monoisotopic (exact) mass is 386 g/mol. The number of carbonyl (C=O) groups excluding carboxylic acids is 2. The maximum Gasteiger partial charge on any atom is 0.415 e. The third-order valence-electron chi connectivity index (χ3n) is 4.21. The van der Waals surface area contributed by atoms with Crippen molar-refractivity contribution in [2.45, 2.75) is 0 Å². The van der Waals surface area contributed by atoms with Gasteiger partial charge in [-0.25, -0.2) is 14.2 Å². The molecule has 3 aromatic rings. The van der Waals surface area contributed by atoms with E-state index in [9.17, 15) is 14.0 Å². The van der Waals surface area contributed by atoms with E-state index in [0.717, 1.165) is 11.3 Å². The Labute approximate surface area is 158 Å². The molecule has 0 bridgehead atoms. The molecule has 1 aromatic carbocycles. The molecule has 27 heavy (non-hydrogen) atoms. The predicted molar refractivity (Wildman–Crippen MR) is 97.3 cm³/mol. The fraction of sp³-hybridized carbons (Fsp3) is 0.222. The van der Waals surface area contributed by atoms with Crippen molar-refractivity contribution < 1.29 is 18.7 Å². The number of fused-ring (bicyclic) bond motifs is 1. The van der Waals surface area contributed by atoms with E-state index in [1.807, 2.05) is 0 Å². The quantitative estimate of drug-likeness (QED) is 0.677. The summed E-state index contributed by atoms with van der Waals surface area (Å²) in [6.07, 6.45) is 2.58. The van der Waals surface area contributed by atoms with Crippen molar-refractivity contribution in [3.63, 3.8) is 0 Å². The summed E-state index contributed by atoms with van der Waals surface area (Å²) < 4.78 is 19.4. The number of aromatic nitrogens is 2. The number of hydrogen-bond acceptors (Lipinski definition) is 6. The molecule has 0 N–H and O–H groups in total. The number of hydrogen-bond donors (Lipinski definition) is 0. The zero-order valence-electron chi connectivity index (χ0n) is 14.2. The van der Waals surface area contributed by atoms with Gasteiger partial charge in [0.25, 0.3) is 5.91 Å². The first-order valence-electron chi connectivity index (χ1n) is 8.33. The third kappa shape index (κ3) is 3.59. The molecule has 0 aliphatic carbocycles. The van der Waals surface area contributed by atoms with Crippen molar-refractivity contribution in [3.05, 3.63) is 53.6 Å². The average Bonchev–Trinajstić information content (AvgIpc) is 3.14. The van der Waals surface area contributed by atoms with E-state index < -0.39 is 6.09 Å². The van der Waals surface area contributed by atoms with Gasteiger partial charge in [0.15, 0.2) is 10.8 Å². The van der Waals surface area contributed by atoms with Gasteiger partial charge in [0, 0.05) is 32.4 Å². The lowest BCUT2D eigenvalue weighted by atomic mass is 10.3. The second-order valence-electron chi connectivity index (χ2n) is 5.94. The molecule has 138 valence electrons. The number of nitrogens with zero attached hydrogens (tertiary/aromatic N) is 4. The number of pyridine rings is 1. The zero-order valence-corrected chi connectivity index (χ0v) is 15.0. The minimum atomic E-state index is -0.475. The van der Waals surface area contributed by atoms with Gasteiger partial charge in [-0.05, 0) is 24.3 Å². The van der Waals surface area contributed by atoms with Crippen LogP contribution in [0.3, 0.4) is 0 Å². The van der Waals surface area contributed by atoms with Crippen LogP contribution in [-0.4, -0.2) is 57.9 Å². The van der Waals surface area contributed by atoms with Crippen molar-refractivity contribution in [3.8, 4) is 5.75 Å². The van der Waals surface area contributed by atoms with Crippen molar-refractivity contribution in [2.75, 3.05) is 26.2 Å². The number of carbonyl (C=O) groups is 2. The first-order valence-corrected chi connectivity index (χ1v) is 9.14. The van der Waals surface area contributed by atoms with Crippen molar-refractivity contribution in [2.24, 2.45) is 0 Å². The Balaban J connectivity index is 1.39. The lowest BCUT2D eigenvalue weighted by molar-refractivity contribution is 0.0633. The van der Waals surface area contributed by atoms with Gasteiger partial charge >= 0.3 is 6.09 Å². The molecule has 0 radical (unpaired) electrons. The van der Waals surface area contributed by atoms with Crippen LogP contribution < -0.4 is 4.74 Å². The summed E-state index contributed by atoms with van der Waals surface area (Å²) in [6.45, 7) is 1.42. The molecule has 2 aromatic heterocycles. The highest BCUT2D eigenvalue weighted by Crippen LogP contribution is 2.26. The van der Waals surface area contributed by atoms with Crippen LogP contribution in [0, 0.1) is 5.82 Å². The van der Waals surface area contributed by atoms with E-state index >= 15 is 0 Å². The maximum absolute atomic E-state index is 13.8. The van der Waals surface area contributed by atoms with Gasteiger partial charge in [0.05, 0.1) is 16.4 Å². The van der Waals surface area contributed by atoms with E-state index in [1.54, 1.807) is 35.4 Å². The maximum atomic E-state index is 13.8. The number of benzene rings is 1. The number of ether oxygens (including phenoxy) is 1. The Kier molecular flexibility index (Phi) is 4.68. The third-order valence-corrected chi connectivity index (χ3v) is 5.28. The summed E-state index contributed by atoms with van der Waals surface area (Å²) in [5, 5.41) is 0.251. The lowest BCUT2D eigenvalue weighted by Crippen LogP contribution is -2.51. The Morgan fingerprint density at radius 1 is 1.07 bits per heavy atom. The van der Waals surface area contributed by atoms with Gasteiger partial charge in [-0.3, -0.25) is 9.78 Å². The van der Waals surface area contributed by atoms with Crippen molar-refractivity contribution >= 4 is 33.6 Å². The molecular formula is C18H15FN4O3S. The van der Waals surface area contributed by atoms with Gasteiger partial charge in [-0.2, -0.15) is 0 Å². The van der Waals surface area contributed by atoms with Crippen LogP contribution in [0.4, 0.5) is 9.18 Å². The smallest absolute Gasteiger partial charge is 0.409 e. The second-order valence-corrected chi connectivity index (χ2v) is 6.94. The molecule has 1 fully saturated rings. The molecule has 4 rings (SSSR count). The van der Waals surface area contributed by atoms with Gasteiger partial charge in [-0.15, -0.1) is 11.3 Å². The molecule has 1 aliphatic rings. The molecule has 0 saturated carbocycles. The molecule has 1 aliphatic heterocycles. The first-order chi connectivity index (χ1) is 13.1. The molecule has 0 spiro atoms. The van der Waals surface area contributed by atoms with Gasteiger partial charge in [0.1, 0.15) is 5.82 Å². The SMILES string of the molecule is O=C(Oc1cccnc1)N1CCN(C(=O)c2nc3cccc(F)c3s2)CC1.